The lowest BCUT2D eigenvalue weighted by Crippen LogP contribution is -2.18. The molecule has 1 heterocycles. The van der Waals surface area contributed by atoms with Crippen LogP contribution in [0.1, 0.15) is 31.4 Å². The number of alkyl halides is 1. The largest absolute Gasteiger partial charge is 0.493 e. The summed E-state index contributed by atoms with van der Waals surface area (Å²) >= 11 is 12.0. The standard InChI is InChI=1S/C13H16Cl2O/c1-13(2,4-5-14)11-8-10(15)7-9-3-6-16-12(9)11/h7-8H,3-6H2,1-2H3. The molecule has 0 atom stereocenters. The van der Waals surface area contributed by atoms with E-state index in [1.165, 1.54) is 11.1 Å². The van der Waals surface area contributed by atoms with Crippen molar-refractivity contribution in [2.24, 2.45) is 0 Å². The smallest absolute Gasteiger partial charge is 0.126 e. The summed E-state index contributed by atoms with van der Waals surface area (Å²) in [5.74, 6) is 1.67. The third kappa shape index (κ3) is 2.16. The van der Waals surface area contributed by atoms with E-state index < -0.39 is 0 Å². The Morgan fingerprint density at radius 2 is 2.12 bits per heavy atom. The molecule has 2 rings (SSSR count). The first-order chi connectivity index (χ1) is 7.54. The van der Waals surface area contributed by atoms with E-state index in [-0.39, 0.29) is 5.41 Å². The van der Waals surface area contributed by atoms with Crippen LogP contribution in [0.15, 0.2) is 12.1 Å². The molecule has 0 unspecified atom stereocenters. The maximum absolute atomic E-state index is 6.15. The quantitative estimate of drug-likeness (QED) is 0.740. The van der Waals surface area contributed by atoms with E-state index in [1.807, 2.05) is 12.1 Å². The summed E-state index contributed by atoms with van der Waals surface area (Å²) in [5.41, 5.74) is 2.43. The second kappa shape index (κ2) is 4.46. The van der Waals surface area contributed by atoms with Gasteiger partial charge in [-0.15, -0.1) is 11.6 Å². The Labute approximate surface area is 107 Å². The fraction of sp³-hybridized carbons (Fsp3) is 0.538. The predicted molar refractivity (Wildman–Crippen MR) is 69.0 cm³/mol. The Kier molecular flexibility index (Phi) is 3.37. The first-order valence-corrected chi connectivity index (χ1v) is 6.47. The van der Waals surface area contributed by atoms with Crippen molar-refractivity contribution in [3.05, 3.63) is 28.3 Å². The molecule has 0 aromatic heterocycles. The molecule has 3 heteroatoms. The van der Waals surface area contributed by atoms with Gasteiger partial charge in [-0.1, -0.05) is 25.4 Å². The van der Waals surface area contributed by atoms with E-state index in [0.717, 1.165) is 30.2 Å². The molecule has 0 N–H and O–H groups in total. The van der Waals surface area contributed by atoms with Crippen LogP contribution in [-0.2, 0) is 11.8 Å². The molecule has 0 saturated heterocycles. The van der Waals surface area contributed by atoms with Gasteiger partial charge >= 0.3 is 0 Å². The summed E-state index contributed by atoms with van der Waals surface area (Å²) in [6.45, 7) is 5.13. The average Bonchev–Trinajstić information content (AvgIpc) is 2.63. The zero-order valence-electron chi connectivity index (χ0n) is 9.65. The molecule has 0 bridgehead atoms. The maximum Gasteiger partial charge on any atom is 0.126 e. The summed E-state index contributed by atoms with van der Waals surface area (Å²) in [5, 5.41) is 0.793. The van der Waals surface area contributed by atoms with Gasteiger partial charge in [-0.25, -0.2) is 0 Å². The van der Waals surface area contributed by atoms with Crippen molar-refractivity contribution in [2.45, 2.75) is 32.1 Å². The summed E-state index contributed by atoms with van der Waals surface area (Å²) in [4.78, 5) is 0. The molecule has 1 aliphatic rings. The van der Waals surface area contributed by atoms with Gasteiger partial charge in [0, 0.05) is 22.9 Å². The topological polar surface area (TPSA) is 9.23 Å². The van der Waals surface area contributed by atoms with E-state index in [4.69, 9.17) is 27.9 Å². The lowest BCUT2D eigenvalue weighted by molar-refractivity contribution is 0.343. The Hall–Kier alpha value is -0.400. The lowest BCUT2D eigenvalue weighted by Gasteiger charge is -2.26. The van der Waals surface area contributed by atoms with Crippen LogP contribution in [-0.4, -0.2) is 12.5 Å². The molecule has 1 aromatic carbocycles. The van der Waals surface area contributed by atoms with Crippen molar-refractivity contribution in [1.29, 1.82) is 0 Å². The Balaban J connectivity index is 2.48. The molecule has 0 aliphatic carbocycles. The van der Waals surface area contributed by atoms with Gasteiger partial charge in [0.1, 0.15) is 5.75 Å². The molecular formula is C13H16Cl2O. The van der Waals surface area contributed by atoms with Crippen molar-refractivity contribution in [3.8, 4) is 5.75 Å². The highest BCUT2D eigenvalue weighted by Gasteiger charge is 2.28. The van der Waals surface area contributed by atoms with E-state index >= 15 is 0 Å². The van der Waals surface area contributed by atoms with Gasteiger partial charge < -0.3 is 4.74 Å². The average molecular weight is 259 g/mol. The third-order valence-corrected chi connectivity index (χ3v) is 3.60. The molecule has 0 amide bonds. The Morgan fingerprint density at radius 1 is 1.38 bits per heavy atom. The predicted octanol–water partition coefficient (Wildman–Crippen LogP) is 4.18. The fourth-order valence-corrected chi connectivity index (χ4v) is 2.86. The van der Waals surface area contributed by atoms with Crippen LogP contribution in [0, 0.1) is 0 Å². The SMILES string of the molecule is CC(C)(CCCl)c1cc(Cl)cc2c1OCC2. The summed E-state index contributed by atoms with van der Waals surface area (Å²) < 4.78 is 5.72. The Bertz CT molecular complexity index is 399. The molecule has 1 aliphatic heterocycles. The third-order valence-electron chi connectivity index (χ3n) is 3.20. The van der Waals surface area contributed by atoms with Crippen molar-refractivity contribution in [2.75, 3.05) is 12.5 Å². The second-order valence-corrected chi connectivity index (χ2v) is 5.68. The van der Waals surface area contributed by atoms with Gasteiger partial charge in [-0.2, -0.15) is 0 Å². The van der Waals surface area contributed by atoms with Crippen molar-refractivity contribution < 1.29 is 4.74 Å². The molecular weight excluding hydrogens is 243 g/mol. The van der Waals surface area contributed by atoms with Crippen molar-refractivity contribution >= 4 is 23.2 Å². The van der Waals surface area contributed by atoms with Crippen LogP contribution >= 0.6 is 23.2 Å². The highest BCUT2D eigenvalue weighted by molar-refractivity contribution is 6.30. The van der Waals surface area contributed by atoms with Crippen LogP contribution in [0.25, 0.3) is 0 Å². The normalized spacial score (nSPS) is 14.8. The van der Waals surface area contributed by atoms with Crippen molar-refractivity contribution in [3.63, 3.8) is 0 Å². The molecule has 1 nitrogen and oxygen atoms in total. The maximum atomic E-state index is 6.15. The molecule has 1 aromatic rings. The van der Waals surface area contributed by atoms with Gasteiger partial charge in [0.2, 0.25) is 0 Å². The van der Waals surface area contributed by atoms with Gasteiger partial charge in [-0.05, 0) is 29.5 Å². The Morgan fingerprint density at radius 3 is 2.81 bits per heavy atom. The molecule has 0 spiro atoms. The van der Waals surface area contributed by atoms with E-state index in [2.05, 4.69) is 13.8 Å². The minimum absolute atomic E-state index is 0.0150. The summed E-state index contributed by atoms with van der Waals surface area (Å²) in [6, 6.07) is 4.02. The minimum atomic E-state index is 0.0150. The molecule has 16 heavy (non-hydrogen) atoms. The number of ether oxygens (including phenoxy) is 1. The molecule has 0 fully saturated rings. The van der Waals surface area contributed by atoms with Crippen LogP contribution in [0.2, 0.25) is 5.02 Å². The summed E-state index contributed by atoms with van der Waals surface area (Å²) in [7, 11) is 0. The lowest BCUT2D eigenvalue weighted by atomic mass is 9.81. The number of halogens is 2. The van der Waals surface area contributed by atoms with Gasteiger partial charge in [0.15, 0.2) is 0 Å². The van der Waals surface area contributed by atoms with Gasteiger partial charge in [-0.3, -0.25) is 0 Å². The zero-order chi connectivity index (χ0) is 11.8. The highest BCUT2D eigenvalue weighted by Crippen LogP contribution is 2.41. The zero-order valence-corrected chi connectivity index (χ0v) is 11.2. The van der Waals surface area contributed by atoms with Crippen LogP contribution < -0.4 is 4.74 Å². The number of rotatable bonds is 3. The van der Waals surface area contributed by atoms with E-state index in [0.29, 0.717) is 5.88 Å². The number of benzene rings is 1. The van der Waals surface area contributed by atoms with Gasteiger partial charge in [0.05, 0.1) is 6.61 Å². The first kappa shape index (κ1) is 12.1. The number of hydrogen-bond donors (Lipinski definition) is 0. The molecule has 88 valence electrons. The molecule has 0 radical (unpaired) electrons. The van der Waals surface area contributed by atoms with Crippen molar-refractivity contribution in [1.82, 2.24) is 0 Å². The minimum Gasteiger partial charge on any atom is -0.493 e. The number of fused-ring (bicyclic) bond motifs is 1. The van der Waals surface area contributed by atoms with Crippen LogP contribution in [0.5, 0.6) is 5.75 Å². The highest BCUT2D eigenvalue weighted by atomic mass is 35.5. The number of hydrogen-bond acceptors (Lipinski definition) is 1. The van der Waals surface area contributed by atoms with Gasteiger partial charge in [0.25, 0.3) is 0 Å². The summed E-state index contributed by atoms with van der Waals surface area (Å²) in [6.07, 6.45) is 1.88. The second-order valence-electron chi connectivity index (χ2n) is 4.86. The van der Waals surface area contributed by atoms with Crippen LogP contribution in [0.4, 0.5) is 0 Å². The first-order valence-electron chi connectivity index (χ1n) is 5.56. The monoisotopic (exact) mass is 258 g/mol. The van der Waals surface area contributed by atoms with Crippen LogP contribution in [0.3, 0.4) is 0 Å². The van der Waals surface area contributed by atoms with E-state index in [1.54, 1.807) is 0 Å². The molecule has 0 saturated carbocycles. The van der Waals surface area contributed by atoms with E-state index in [9.17, 15) is 0 Å². The fourth-order valence-electron chi connectivity index (χ4n) is 2.14.